The van der Waals surface area contributed by atoms with Crippen molar-refractivity contribution in [1.82, 2.24) is 24.6 Å². The fourth-order valence-corrected chi connectivity index (χ4v) is 3.67. The van der Waals surface area contributed by atoms with E-state index in [4.69, 9.17) is 4.74 Å². The molecule has 4 heterocycles. The lowest BCUT2D eigenvalue weighted by atomic mass is 9.96. The van der Waals surface area contributed by atoms with Crippen molar-refractivity contribution in [1.29, 1.82) is 0 Å². The number of nitrogens with zero attached hydrogens (tertiary/aromatic N) is 5. The van der Waals surface area contributed by atoms with E-state index >= 15 is 0 Å². The topological polar surface area (TPSA) is 56.1 Å². The Morgan fingerprint density at radius 3 is 2.96 bits per heavy atom. The molecule has 0 radical (unpaired) electrons. The van der Waals surface area contributed by atoms with Crippen molar-refractivity contribution in [2.24, 2.45) is 7.05 Å². The molecule has 0 aliphatic carbocycles. The molecule has 1 fully saturated rings. The van der Waals surface area contributed by atoms with Crippen molar-refractivity contribution >= 4 is 0 Å². The third-order valence-corrected chi connectivity index (χ3v) is 4.89. The first-order chi connectivity index (χ1) is 11.3. The number of ether oxygens (including phenoxy) is 1. The van der Waals surface area contributed by atoms with E-state index in [-0.39, 0.29) is 0 Å². The Kier molecular flexibility index (Phi) is 4.10. The Morgan fingerprint density at radius 2 is 2.17 bits per heavy atom. The van der Waals surface area contributed by atoms with Crippen molar-refractivity contribution < 1.29 is 4.74 Å². The van der Waals surface area contributed by atoms with Crippen LogP contribution in [0.4, 0.5) is 0 Å². The van der Waals surface area contributed by atoms with Gasteiger partial charge in [-0.25, -0.2) is 9.97 Å². The van der Waals surface area contributed by atoms with E-state index in [0.717, 1.165) is 52.1 Å². The van der Waals surface area contributed by atoms with Crippen LogP contribution >= 0.6 is 0 Å². The number of hydrogen-bond acceptors (Lipinski definition) is 5. The Balaban J connectivity index is 1.50. The SMILES string of the molecule is Cn1cc(CN2CCc3ncnc([C@@H]4CCOC4)c3CC2)cn1. The standard InChI is InChI=1S/C17H23N5O/c1-21-9-13(8-20-21)10-22-5-2-15-16(3-6-22)18-12-19-17(15)14-4-7-23-11-14/h8-9,12,14H,2-7,10-11H2,1H3/t14-/m1/s1. The smallest absolute Gasteiger partial charge is 0.115 e. The summed E-state index contributed by atoms with van der Waals surface area (Å²) in [4.78, 5) is 11.7. The van der Waals surface area contributed by atoms with Gasteiger partial charge in [-0.1, -0.05) is 0 Å². The van der Waals surface area contributed by atoms with E-state index in [1.807, 2.05) is 17.9 Å². The van der Waals surface area contributed by atoms with Crippen molar-refractivity contribution in [2.45, 2.75) is 31.7 Å². The van der Waals surface area contributed by atoms with Crippen LogP contribution in [-0.2, 0) is 31.2 Å². The lowest BCUT2D eigenvalue weighted by Crippen LogP contribution is -2.25. The average Bonchev–Trinajstić information content (AvgIpc) is 3.17. The maximum atomic E-state index is 5.56. The summed E-state index contributed by atoms with van der Waals surface area (Å²) < 4.78 is 7.42. The van der Waals surface area contributed by atoms with Crippen molar-refractivity contribution in [3.63, 3.8) is 0 Å². The highest BCUT2D eigenvalue weighted by Crippen LogP contribution is 2.29. The van der Waals surface area contributed by atoms with Gasteiger partial charge in [-0.15, -0.1) is 0 Å². The Hall–Kier alpha value is -1.79. The van der Waals surface area contributed by atoms with Gasteiger partial charge in [0.1, 0.15) is 6.33 Å². The molecule has 0 N–H and O–H groups in total. The molecule has 6 nitrogen and oxygen atoms in total. The molecule has 2 aliphatic rings. The molecule has 6 heteroatoms. The molecule has 23 heavy (non-hydrogen) atoms. The molecule has 0 unspecified atom stereocenters. The quantitative estimate of drug-likeness (QED) is 0.855. The molecular formula is C17H23N5O. The van der Waals surface area contributed by atoms with E-state index < -0.39 is 0 Å². The average molecular weight is 313 g/mol. The fourth-order valence-electron chi connectivity index (χ4n) is 3.67. The Morgan fingerprint density at radius 1 is 1.26 bits per heavy atom. The number of hydrogen-bond donors (Lipinski definition) is 0. The van der Waals surface area contributed by atoms with Crippen LogP contribution in [0.1, 0.15) is 34.9 Å². The Bertz CT molecular complexity index is 677. The summed E-state index contributed by atoms with van der Waals surface area (Å²) in [6.07, 6.45) is 8.91. The van der Waals surface area contributed by atoms with Gasteiger partial charge >= 0.3 is 0 Å². The Labute approximate surface area is 136 Å². The van der Waals surface area contributed by atoms with Crippen molar-refractivity contribution in [3.05, 3.63) is 41.2 Å². The lowest BCUT2D eigenvalue weighted by molar-refractivity contribution is 0.193. The lowest BCUT2D eigenvalue weighted by Gasteiger charge is -2.18. The second-order valence-corrected chi connectivity index (χ2v) is 6.54. The molecular weight excluding hydrogens is 290 g/mol. The molecule has 0 saturated carbocycles. The summed E-state index contributed by atoms with van der Waals surface area (Å²) in [5, 5.41) is 4.27. The zero-order valence-corrected chi connectivity index (χ0v) is 13.6. The monoisotopic (exact) mass is 313 g/mol. The first-order valence-corrected chi connectivity index (χ1v) is 8.40. The first kappa shape index (κ1) is 14.8. The summed E-state index contributed by atoms with van der Waals surface area (Å²) in [6, 6.07) is 0. The van der Waals surface area contributed by atoms with Crippen LogP contribution in [0.5, 0.6) is 0 Å². The van der Waals surface area contributed by atoms with Gasteiger partial charge in [0.05, 0.1) is 18.5 Å². The number of rotatable bonds is 3. The minimum atomic E-state index is 0.455. The van der Waals surface area contributed by atoms with Gasteiger partial charge in [0.15, 0.2) is 0 Å². The molecule has 1 saturated heterocycles. The van der Waals surface area contributed by atoms with E-state index in [1.54, 1.807) is 6.33 Å². The van der Waals surface area contributed by atoms with Crippen LogP contribution in [0.2, 0.25) is 0 Å². The molecule has 0 amide bonds. The second-order valence-electron chi connectivity index (χ2n) is 6.54. The molecule has 122 valence electrons. The molecule has 0 spiro atoms. The zero-order valence-electron chi connectivity index (χ0n) is 13.6. The molecule has 1 atom stereocenters. The van der Waals surface area contributed by atoms with Crippen LogP contribution in [0.3, 0.4) is 0 Å². The maximum absolute atomic E-state index is 5.56. The van der Waals surface area contributed by atoms with Gasteiger partial charge in [-0.05, 0) is 18.4 Å². The minimum absolute atomic E-state index is 0.455. The van der Waals surface area contributed by atoms with Crippen molar-refractivity contribution in [3.8, 4) is 0 Å². The molecule has 0 bridgehead atoms. The number of fused-ring (bicyclic) bond motifs is 1. The summed E-state index contributed by atoms with van der Waals surface area (Å²) in [5.41, 5.74) is 5.11. The minimum Gasteiger partial charge on any atom is -0.381 e. The first-order valence-electron chi connectivity index (χ1n) is 8.40. The fraction of sp³-hybridized carbons (Fsp3) is 0.588. The molecule has 4 rings (SSSR count). The third-order valence-electron chi connectivity index (χ3n) is 4.89. The third kappa shape index (κ3) is 3.14. The van der Waals surface area contributed by atoms with Crippen LogP contribution in [0.25, 0.3) is 0 Å². The summed E-state index contributed by atoms with van der Waals surface area (Å²) in [6.45, 7) is 4.71. The molecule has 2 aromatic heterocycles. The summed E-state index contributed by atoms with van der Waals surface area (Å²) in [7, 11) is 1.97. The highest BCUT2D eigenvalue weighted by Gasteiger charge is 2.26. The largest absolute Gasteiger partial charge is 0.381 e. The van der Waals surface area contributed by atoms with Crippen LogP contribution in [0, 0.1) is 0 Å². The predicted molar refractivity (Wildman–Crippen MR) is 86.1 cm³/mol. The number of aryl methyl sites for hydroxylation is 1. The number of aromatic nitrogens is 4. The van der Waals surface area contributed by atoms with Crippen LogP contribution in [0.15, 0.2) is 18.7 Å². The highest BCUT2D eigenvalue weighted by molar-refractivity contribution is 5.30. The predicted octanol–water partition coefficient (Wildman–Crippen LogP) is 1.31. The van der Waals surface area contributed by atoms with Gasteiger partial charge < -0.3 is 4.74 Å². The van der Waals surface area contributed by atoms with Gasteiger partial charge in [0.25, 0.3) is 0 Å². The maximum Gasteiger partial charge on any atom is 0.115 e. The summed E-state index contributed by atoms with van der Waals surface area (Å²) >= 11 is 0. The van der Waals surface area contributed by atoms with E-state index in [2.05, 4.69) is 26.2 Å². The van der Waals surface area contributed by atoms with Gasteiger partial charge in [0.2, 0.25) is 0 Å². The van der Waals surface area contributed by atoms with Crippen molar-refractivity contribution in [2.75, 3.05) is 26.3 Å². The zero-order chi connectivity index (χ0) is 15.6. The van der Waals surface area contributed by atoms with Crippen LogP contribution < -0.4 is 0 Å². The normalized spacial score (nSPS) is 22.0. The van der Waals surface area contributed by atoms with Gasteiger partial charge in [-0.2, -0.15) is 5.10 Å². The van der Waals surface area contributed by atoms with E-state index in [9.17, 15) is 0 Å². The molecule has 2 aliphatic heterocycles. The van der Waals surface area contributed by atoms with E-state index in [1.165, 1.54) is 22.5 Å². The van der Waals surface area contributed by atoms with Crippen LogP contribution in [-0.4, -0.2) is 51.0 Å². The highest BCUT2D eigenvalue weighted by atomic mass is 16.5. The molecule has 0 aromatic carbocycles. The van der Waals surface area contributed by atoms with E-state index in [0.29, 0.717) is 5.92 Å². The second kappa shape index (κ2) is 6.37. The molecule has 2 aromatic rings. The summed E-state index contributed by atoms with van der Waals surface area (Å²) in [5.74, 6) is 0.455. The van der Waals surface area contributed by atoms with Gasteiger partial charge in [0, 0.05) is 63.1 Å². The van der Waals surface area contributed by atoms with Gasteiger partial charge in [-0.3, -0.25) is 9.58 Å².